The van der Waals surface area contributed by atoms with E-state index in [-0.39, 0.29) is 6.92 Å². The van der Waals surface area contributed by atoms with Crippen molar-refractivity contribution in [3.05, 3.63) is 64.8 Å². The summed E-state index contributed by atoms with van der Waals surface area (Å²) in [6.45, 7) is 2.15. The fraction of sp³-hybridized carbons (Fsp3) is 0.158. The van der Waals surface area contributed by atoms with E-state index in [4.69, 9.17) is 0 Å². The number of hydrogen-bond donors (Lipinski definition) is 0. The lowest BCUT2D eigenvalue weighted by Gasteiger charge is -2.01. The average Bonchev–Trinajstić information content (AvgIpc) is 3.25. The number of hydrogen-bond acceptors (Lipinski definition) is 4. The number of aromatic amines is 1. The number of nitrogens with zero attached hydrogens (tertiary/aromatic N) is 4. The van der Waals surface area contributed by atoms with E-state index in [9.17, 15) is 13.2 Å². The molecule has 1 N–H and O–H groups in total. The molecule has 0 fully saturated rings. The molecule has 5 nitrogen and oxygen atoms in total. The monoisotopic (exact) mass is 402 g/mol. The van der Waals surface area contributed by atoms with Gasteiger partial charge in [-0.25, -0.2) is 19.9 Å². The highest BCUT2D eigenvalue weighted by Gasteiger charge is 2.15. The van der Waals surface area contributed by atoms with E-state index >= 15 is 0 Å². The van der Waals surface area contributed by atoms with E-state index in [1.807, 2.05) is 47.6 Å². The zero-order valence-corrected chi connectivity index (χ0v) is 15.8. The Hall–Kier alpha value is -3.25. The highest BCUT2D eigenvalue weighted by atomic mass is 32.1. The van der Waals surface area contributed by atoms with Crippen LogP contribution in [0.25, 0.3) is 16.9 Å². The maximum absolute atomic E-state index is 10.4. The Kier molecular flexibility index (Phi) is 5.70. The molecule has 142 valence electrons. The van der Waals surface area contributed by atoms with Crippen LogP contribution in [0.3, 0.4) is 0 Å². The summed E-state index contributed by atoms with van der Waals surface area (Å²) in [5, 5.41) is 4.09. The van der Waals surface area contributed by atoms with Gasteiger partial charge in [0.15, 0.2) is 12.4 Å². The van der Waals surface area contributed by atoms with Gasteiger partial charge in [0.05, 0.1) is 10.6 Å². The molecule has 0 spiro atoms. The number of fused-ring (bicyclic) bond motifs is 1. The summed E-state index contributed by atoms with van der Waals surface area (Å²) in [5.41, 5.74) is 2.58. The van der Waals surface area contributed by atoms with E-state index in [1.165, 1.54) is 0 Å². The fourth-order valence-corrected chi connectivity index (χ4v) is 2.80. The van der Waals surface area contributed by atoms with E-state index in [1.54, 1.807) is 23.7 Å². The maximum Gasteiger partial charge on any atom is 0.386 e. The van der Waals surface area contributed by atoms with Gasteiger partial charge in [-0.2, -0.15) is 13.2 Å². The van der Waals surface area contributed by atoms with Crippen LogP contribution in [0.4, 0.5) is 13.2 Å². The quantitative estimate of drug-likeness (QED) is 0.453. The van der Waals surface area contributed by atoms with Crippen LogP contribution in [0.1, 0.15) is 23.2 Å². The summed E-state index contributed by atoms with van der Waals surface area (Å²) in [6.07, 6.45) is 5.24. The minimum atomic E-state index is -4.00. The molecule has 0 aliphatic rings. The van der Waals surface area contributed by atoms with Crippen LogP contribution in [-0.2, 0) is 0 Å². The van der Waals surface area contributed by atoms with Crippen LogP contribution >= 0.6 is 11.3 Å². The van der Waals surface area contributed by atoms with Crippen LogP contribution in [0.15, 0.2) is 48.5 Å². The van der Waals surface area contributed by atoms with Crippen molar-refractivity contribution in [3.8, 4) is 17.8 Å². The number of rotatable bonds is 1. The minimum Gasteiger partial charge on any atom is -0.280 e. The lowest BCUT2D eigenvalue weighted by molar-refractivity contribution is -0.376. The topological polar surface area (TPSA) is 57.7 Å². The van der Waals surface area contributed by atoms with Gasteiger partial charge >= 0.3 is 6.18 Å². The molecule has 0 atom stereocenters. The van der Waals surface area contributed by atoms with Crippen molar-refractivity contribution in [1.82, 2.24) is 19.5 Å². The predicted octanol–water partition coefficient (Wildman–Crippen LogP) is 3.97. The molecule has 4 aromatic heterocycles. The van der Waals surface area contributed by atoms with E-state index in [0.717, 1.165) is 27.2 Å². The number of H-pyrrole nitrogens is 1. The first-order valence-electron chi connectivity index (χ1n) is 8.10. The minimum absolute atomic E-state index is 0.188. The Labute approximate surface area is 162 Å². The average molecular weight is 402 g/mol. The molecule has 0 radical (unpaired) electrons. The number of nitrogens with one attached hydrogen (secondary N) is 1. The number of aromatic nitrogens is 5. The van der Waals surface area contributed by atoms with Gasteiger partial charge in [-0.1, -0.05) is 5.92 Å². The zero-order chi connectivity index (χ0) is 20.1. The van der Waals surface area contributed by atoms with Gasteiger partial charge in [-0.05, 0) is 18.9 Å². The molecule has 0 saturated heterocycles. The molecule has 4 aromatic rings. The van der Waals surface area contributed by atoms with Gasteiger partial charge in [0.25, 0.3) is 0 Å². The van der Waals surface area contributed by atoms with Gasteiger partial charge in [0.1, 0.15) is 11.2 Å². The normalized spacial score (nSPS) is 10.8. The Morgan fingerprint density at radius 2 is 1.86 bits per heavy atom. The van der Waals surface area contributed by atoms with Crippen LogP contribution in [0.5, 0.6) is 0 Å². The number of aryl methyl sites for hydroxylation is 1. The van der Waals surface area contributed by atoms with E-state index in [0.29, 0.717) is 5.95 Å². The van der Waals surface area contributed by atoms with Gasteiger partial charge in [-0.15, -0.1) is 11.3 Å². The highest BCUT2D eigenvalue weighted by Crippen LogP contribution is 2.15. The molecular formula is C19H15F3N5S+. The number of alkyl halides is 3. The first kappa shape index (κ1) is 19.5. The Bertz CT molecular complexity index is 1130. The molecule has 28 heavy (non-hydrogen) atoms. The van der Waals surface area contributed by atoms with Crippen molar-refractivity contribution < 1.29 is 18.2 Å². The fourth-order valence-electron chi connectivity index (χ4n) is 2.26. The predicted molar refractivity (Wildman–Crippen MR) is 100.0 cm³/mol. The number of pyridine rings is 1. The standard InChI is InChI=1S/C17H11N5S.C2H3F3/c1-12-21-15(11-23-12)3-2-13-8-19-17(20-9-13)22-7-5-14-4-6-18-10-16(14)22;1-2(3,4)5/h4-11H,1H3;1H3/p+1. The first-order valence-corrected chi connectivity index (χ1v) is 8.98. The molecule has 9 heteroatoms. The summed E-state index contributed by atoms with van der Waals surface area (Å²) in [4.78, 5) is 16.2. The summed E-state index contributed by atoms with van der Waals surface area (Å²) in [7, 11) is 0. The van der Waals surface area contributed by atoms with Gasteiger partial charge in [0.2, 0.25) is 5.95 Å². The maximum atomic E-state index is 10.4. The molecule has 0 unspecified atom stereocenters. The van der Waals surface area contributed by atoms with Crippen LogP contribution in [0, 0.1) is 18.8 Å². The van der Waals surface area contributed by atoms with E-state index < -0.39 is 6.18 Å². The van der Waals surface area contributed by atoms with Crippen molar-refractivity contribution >= 4 is 22.2 Å². The first-order chi connectivity index (χ1) is 13.3. The molecule has 0 bridgehead atoms. The second kappa shape index (κ2) is 8.19. The number of halogens is 3. The van der Waals surface area contributed by atoms with Crippen molar-refractivity contribution in [2.75, 3.05) is 0 Å². The van der Waals surface area contributed by atoms with Crippen molar-refractivity contribution in [3.63, 3.8) is 0 Å². The molecule has 0 amide bonds. The zero-order valence-electron chi connectivity index (χ0n) is 14.9. The lowest BCUT2D eigenvalue weighted by Crippen LogP contribution is -2.03. The van der Waals surface area contributed by atoms with Crippen molar-refractivity contribution in [2.45, 2.75) is 20.0 Å². The van der Waals surface area contributed by atoms with Crippen molar-refractivity contribution in [2.24, 2.45) is 0 Å². The third-order valence-electron chi connectivity index (χ3n) is 3.35. The van der Waals surface area contributed by atoms with E-state index in [2.05, 4.69) is 31.8 Å². The molecule has 0 aliphatic carbocycles. The lowest BCUT2D eigenvalue weighted by atomic mass is 10.3. The van der Waals surface area contributed by atoms with Gasteiger partial charge in [0, 0.05) is 42.3 Å². The molecule has 0 saturated carbocycles. The molecular weight excluding hydrogens is 387 g/mol. The molecule has 4 heterocycles. The van der Waals surface area contributed by atoms with Gasteiger partial charge in [-0.3, -0.25) is 4.57 Å². The SMILES string of the molecule is CC(F)(F)F.Cc1nc(C#Cc2cnc(-n3ccc4cc[nH+]cc43)nc2)cs1. The second-order valence-electron chi connectivity index (χ2n) is 5.73. The van der Waals surface area contributed by atoms with Crippen LogP contribution in [0.2, 0.25) is 0 Å². The summed E-state index contributed by atoms with van der Waals surface area (Å²) < 4.78 is 33.0. The molecule has 0 aliphatic heterocycles. The summed E-state index contributed by atoms with van der Waals surface area (Å²) in [5.74, 6) is 6.68. The number of thiazole rings is 1. The third-order valence-corrected chi connectivity index (χ3v) is 4.12. The Morgan fingerprint density at radius 3 is 2.50 bits per heavy atom. The smallest absolute Gasteiger partial charge is 0.280 e. The van der Waals surface area contributed by atoms with Crippen LogP contribution in [-0.4, -0.2) is 25.7 Å². The largest absolute Gasteiger partial charge is 0.386 e. The van der Waals surface area contributed by atoms with Gasteiger partial charge < -0.3 is 0 Å². The Balaban J connectivity index is 0.000000403. The Morgan fingerprint density at radius 1 is 1.14 bits per heavy atom. The van der Waals surface area contributed by atoms with Crippen LogP contribution < -0.4 is 4.98 Å². The summed E-state index contributed by atoms with van der Waals surface area (Å²) >= 11 is 1.59. The third kappa shape index (κ3) is 5.37. The molecule has 0 aromatic carbocycles. The van der Waals surface area contributed by atoms with Crippen molar-refractivity contribution in [1.29, 1.82) is 0 Å². The highest BCUT2D eigenvalue weighted by molar-refractivity contribution is 7.09. The summed E-state index contributed by atoms with van der Waals surface area (Å²) in [6, 6.07) is 4.05. The molecule has 4 rings (SSSR count). The second-order valence-corrected chi connectivity index (χ2v) is 6.79.